The molecule has 102 valence electrons. The van der Waals surface area contributed by atoms with Gasteiger partial charge in [0, 0.05) is 6.54 Å². The lowest BCUT2D eigenvalue weighted by Gasteiger charge is -2.29. The lowest BCUT2D eigenvalue weighted by atomic mass is 9.84. The zero-order chi connectivity index (χ0) is 14.1. The van der Waals surface area contributed by atoms with Crippen LogP contribution in [0.25, 0.3) is 0 Å². The second-order valence-electron chi connectivity index (χ2n) is 4.41. The van der Waals surface area contributed by atoms with Crippen molar-refractivity contribution in [2.45, 2.75) is 25.7 Å². The fourth-order valence-corrected chi connectivity index (χ4v) is 1.69. The van der Waals surface area contributed by atoms with Gasteiger partial charge in [0.05, 0.1) is 5.56 Å². The summed E-state index contributed by atoms with van der Waals surface area (Å²) in [7, 11) is 0. The zero-order valence-corrected chi connectivity index (χ0v) is 9.98. The first-order valence-electron chi connectivity index (χ1n) is 5.39. The van der Waals surface area contributed by atoms with Gasteiger partial charge in [0.1, 0.15) is 11.5 Å². The summed E-state index contributed by atoms with van der Waals surface area (Å²) in [4.78, 5) is 0. The molecule has 1 atom stereocenters. The van der Waals surface area contributed by atoms with Crippen LogP contribution in [-0.4, -0.2) is 6.54 Å². The van der Waals surface area contributed by atoms with Crippen LogP contribution in [0.1, 0.15) is 25.0 Å². The molecule has 0 amide bonds. The summed E-state index contributed by atoms with van der Waals surface area (Å²) in [6.07, 6.45) is -4.85. The van der Waals surface area contributed by atoms with Crippen LogP contribution < -0.4 is 5.73 Å². The van der Waals surface area contributed by atoms with Crippen LogP contribution in [0.3, 0.4) is 0 Å². The van der Waals surface area contributed by atoms with Gasteiger partial charge in [-0.3, -0.25) is 0 Å². The molecule has 0 aromatic heterocycles. The highest BCUT2D eigenvalue weighted by Gasteiger charge is 2.39. The summed E-state index contributed by atoms with van der Waals surface area (Å²) in [6, 6.07) is 2.10. The van der Waals surface area contributed by atoms with Crippen LogP contribution in [0.15, 0.2) is 18.2 Å². The SMILES string of the molecule is CC(C)C(F)(CN)c1ccc(F)c(C(F)(F)F)c1. The Balaban J connectivity index is 3.36. The molecular weight excluding hydrogens is 253 g/mol. The molecule has 1 aromatic carbocycles. The van der Waals surface area contributed by atoms with Gasteiger partial charge in [0.2, 0.25) is 0 Å². The quantitative estimate of drug-likeness (QED) is 0.831. The summed E-state index contributed by atoms with van der Waals surface area (Å²) in [5.74, 6) is -2.04. The topological polar surface area (TPSA) is 26.0 Å². The van der Waals surface area contributed by atoms with Crippen molar-refractivity contribution in [1.82, 2.24) is 0 Å². The molecule has 0 saturated carbocycles. The van der Waals surface area contributed by atoms with Crippen LogP contribution in [0.5, 0.6) is 0 Å². The average molecular weight is 267 g/mol. The predicted molar refractivity (Wildman–Crippen MR) is 58.1 cm³/mol. The Kier molecular flexibility index (Phi) is 4.00. The molecular formula is C12H14F5N. The smallest absolute Gasteiger partial charge is 0.327 e. The van der Waals surface area contributed by atoms with Crippen molar-refractivity contribution in [3.8, 4) is 0 Å². The van der Waals surface area contributed by atoms with Gasteiger partial charge in [-0.25, -0.2) is 8.78 Å². The lowest BCUT2D eigenvalue weighted by Crippen LogP contribution is -2.36. The number of hydrogen-bond donors (Lipinski definition) is 1. The maximum Gasteiger partial charge on any atom is 0.419 e. The summed E-state index contributed by atoms with van der Waals surface area (Å²) in [5.41, 5.74) is 1.45. The third-order valence-electron chi connectivity index (χ3n) is 2.96. The number of benzene rings is 1. The predicted octanol–water partition coefficient (Wildman–Crippen LogP) is 3.62. The largest absolute Gasteiger partial charge is 0.419 e. The van der Waals surface area contributed by atoms with Crippen LogP contribution in [0.4, 0.5) is 22.0 Å². The Bertz CT molecular complexity index is 427. The molecule has 18 heavy (non-hydrogen) atoms. The van der Waals surface area contributed by atoms with Crippen molar-refractivity contribution >= 4 is 0 Å². The second kappa shape index (κ2) is 4.84. The summed E-state index contributed by atoms with van der Waals surface area (Å²) >= 11 is 0. The molecule has 6 heteroatoms. The minimum Gasteiger partial charge on any atom is -0.327 e. The molecule has 0 aliphatic carbocycles. The summed E-state index contributed by atoms with van der Waals surface area (Å²) in [5, 5.41) is 0. The molecule has 0 aliphatic rings. The molecule has 1 unspecified atom stereocenters. The van der Waals surface area contributed by atoms with Gasteiger partial charge in [0.15, 0.2) is 0 Å². The molecule has 0 bridgehead atoms. The van der Waals surface area contributed by atoms with E-state index >= 15 is 0 Å². The molecule has 0 radical (unpaired) electrons. The van der Waals surface area contributed by atoms with Gasteiger partial charge in [0.25, 0.3) is 0 Å². The number of alkyl halides is 4. The molecule has 1 aromatic rings. The Hall–Kier alpha value is -1.17. The molecule has 0 saturated heterocycles. The highest BCUT2D eigenvalue weighted by Crippen LogP contribution is 2.38. The van der Waals surface area contributed by atoms with Crippen LogP contribution in [0.2, 0.25) is 0 Å². The highest BCUT2D eigenvalue weighted by atomic mass is 19.4. The van der Waals surface area contributed by atoms with Crippen molar-refractivity contribution in [1.29, 1.82) is 0 Å². The van der Waals surface area contributed by atoms with Crippen molar-refractivity contribution < 1.29 is 22.0 Å². The lowest BCUT2D eigenvalue weighted by molar-refractivity contribution is -0.140. The van der Waals surface area contributed by atoms with Gasteiger partial charge >= 0.3 is 6.18 Å². The third-order valence-corrected chi connectivity index (χ3v) is 2.96. The van der Waals surface area contributed by atoms with E-state index in [2.05, 4.69) is 0 Å². The summed E-state index contributed by atoms with van der Waals surface area (Å²) in [6.45, 7) is 2.54. The van der Waals surface area contributed by atoms with Gasteiger partial charge in [-0.05, 0) is 23.6 Å². The van der Waals surface area contributed by atoms with E-state index in [9.17, 15) is 22.0 Å². The molecule has 2 N–H and O–H groups in total. The Morgan fingerprint density at radius 3 is 2.11 bits per heavy atom. The van der Waals surface area contributed by atoms with E-state index in [-0.39, 0.29) is 5.56 Å². The Labute approximate surface area is 102 Å². The Morgan fingerprint density at radius 1 is 1.17 bits per heavy atom. The van der Waals surface area contributed by atoms with Crippen LogP contribution in [-0.2, 0) is 11.8 Å². The van der Waals surface area contributed by atoms with Gasteiger partial charge in [-0.1, -0.05) is 19.9 Å². The molecule has 0 spiro atoms. The normalized spacial score (nSPS) is 15.8. The van der Waals surface area contributed by atoms with E-state index < -0.39 is 35.7 Å². The maximum atomic E-state index is 14.5. The number of hydrogen-bond acceptors (Lipinski definition) is 1. The molecule has 0 fully saturated rings. The monoisotopic (exact) mass is 267 g/mol. The van der Waals surface area contributed by atoms with Gasteiger partial charge in [-0.2, -0.15) is 13.2 Å². The van der Waals surface area contributed by atoms with Crippen LogP contribution >= 0.6 is 0 Å². The Morgan fingerprint density at radius 2 is 1.72 bits per heavy atom. The first kappa shape index (κ1) is 14.9. The molecule has 0 heterocycles. The van der Waals surface area contributed by atoms with Gasteiger partial charge in [-0.15, -0.1) is 0 Å². The fourth-order valence-electron chi connectivity index (χ4n) is 1.69. The van der Waals surface area contributed by atoms with Gasteiger partial charge < -0.3 is 5.73 Å². The average Bonchev–Trinajstić information content (AvgIpc) is 2.26. The first-order chi connectivity index (χ1) is 8.13. The van der Waals surface area contributed by atoms with Crippen molar-refractivity contribution in [3.63, 3.8) is 0 Å². The van der Waals surface area contributed by atoms with Crippen molar-refractivity contribution in [3.05, 3.63) is 35.1 Å². The molecule has 1 rings (SSSR count). The van der Waals surface area contributed by atoms with E-state index in [0.717, 1.165) is 6.07 Å². The van der Waals surface area contributed by atoms with Crippen molar-refractivity contribution in [2.75, 3.05) is 6.54 Å². The van der Waals surface area contributed by atoms with E-state index in [4.69, 9.17) is 5.73 Å². The van der Waals surface area contributed by atoms with Crippen molar-refractivity contribution in [2.24, 2.45) is 11.7 Å². The summed E-state index contributed by atoms with van der Waals surface area (Å²) < 4.78 is 65.1. The van der Waals surface area contributed by atoms with E-state index in [1.807, 2.05) is 0 Å². The maximum absolute atomic E-state index is 14.5. The molecule has 0 aliphatic heterocycles. The number of nitrogens with two attached hydrogens (primary N) is 1. The van der Waals surface area contributed by atoms with E-state index in [0.29, 0.717) is 12.1 Å². The number of rotatable bonds is 3. The first-order valence-corrected chi connectivity index (χ1v) is 5.39. The molecule has 1 nitrogen and oxygen atoms in total. The minimum absolute atomic E-state index is 0.256. The fraction of sp³-hybridized carbons (Fsp3) is 0.500. The third kappa shape index (κ3) is 2.63. The zero-order valence-electron chi connectivity index (χ0n) is 9.98. The van der Waals surface area contributed by atoms with E-state index in [1.165, 1.54) is 13.8 Å². The minimum atomic E-state index is -4.85. The van der Waals surface area contributed by atoms with Crippen LogP contribution in [0, 0.1) is 11.7 Å². The second-order valence-corrected chi connectivity index (χ2v) is 4.41. The number of halogens is 5. The standard InChI is InChI=1S/C12H14F5N/c1-7(2)11(14,6-18)8-3-4-10(13)9(5-8)12(15,16)17/h3-5,7H,6,18H2,1-2H3. The highest BCUT2D eigenvalue weighted by molar-refractivity contribution is 5.32. The van der Waals surface area contributed by atoms with E-state index in [1.54, 1.807) is 0 Å².